The van der Waals surface area contributed by atoms with E-state index in [1.54, 1.807) is 31.6 Å². The summed E-state index contributed by atoms with van der Waals surface area (Å²) in [6, 6.07) is 5.22. The molecule has 0 bridgehead atoms. The van der Waals surface area contributed by atoms with Crippen molar-refractivity contribution < 1.29 is 14.3 Å². The van der Waals surface area contributed by atoms with Crippen molar-refractivity contribution in [3.63, 3.8) is 0 Å². The first kappa shape index (κ1) is 11.8. The number of hydrogen-bond acceptors (Lipinski definition) is 3. The van der Waals surface area contributed by atoms with Gasteiger partial charge in [0.1, 0.15) is 0 Å². The molecule has 3 nitrogen and oxygen atoms in total. The highest BCUT2D eigenvalue weighted by Crippen LogP contribution is 2.20. The third kappa shape index (κ3) is 3.09. The second-order valence-electron chi connectivity index (χ2n) is 2.77. The van der Waals surface area contributed by atoms with Crippen molar-refractivity contribution in [3.05, 3.63) is 40.1 Å². The largest absolute Gasteiger partial charge is 0.504 e. The monoisotopic (exact) mass is 270 g/mol. The Kier molecular flexibility index (Phi) is 4.37. The standard InChI is InChI=1S/C11H11BrO3/c1-14-6-5-8-3-4-9(7-10(8)12)11(13)15-2/h3-7H,1-2H3. The summed E-state index contributed by atoms with van der Waals surface area (Å²) in [5, 5.41) is 0. The van der Waals surface area contributed by atoms with Gasteiger partial charge in [0.05, 0.1) is 26.0 Å². The Morgan fingerprint density at radius 1 is 1.40 bits per heavy atom. The number of carbonyl (C=O) groups is 1. The zero-order valence-electron chi connectivity index (χ0n) is 8.49. The normalized spacial score (nSPS) is 10.3. The Hall–Kier alpha value is -1.29. The Morgan fingerprint density at radius 3 is 2.67 bits per heavy atom. The van der Waals surface area contributed by atoms with Gasteiger partial charge in [-0.05, 0) is 23.8 Å². The second-order valence-corrected chi connectivity index (χ2v) is 3.62. The zero-order valence-corrected chi connectivity index (χ0v) is 10.1. The van der Waals surface area contributed by atoms with Gasteiger partial charge in [0, 0.05) is 4.47 Å². The molecule has 15 heavy (non-hydrogen) atoms. The number of carbonyl (C=O) groups excluding carboxylic acids is 1. The van der Waals surface area contributed by atoms with Crippen LogP contribution in [0.25, 0.3) is 6.08 Å². The van der Waals surface area contributed by atoms with E-state index in [0.29, 0.717) is 5.56 Å². The van der Waals surface area contributed by atoms with E-state index in [2.05, 4.69) is 20.7 Å². The van der Waals surface area contributed by atoms with Crippen molar-refractivity contribution in [2.45, 2.75) is 0 Å². The van der Waals surface area contributed by atoms with Gasteiger partial charge >= 0.3 is 5.97 Å². The lowest BCUT2D eigenvalue weighted by Crippen LogP contribution is -2.00. The average Bonchev–Trinajstić information content (AvgIpc) is 2.26. The van der Waals surface area contributed by atoms with E-state index in [1.807, 2.05) is 6.07 Å². The van der Waals surface area contributed by atoms with Crippen LogP contribution in [0.5, 0.6) is 0 Å². The number of hydrogen-bond donors (Lipinski definition) is 0. The smallest absolute Gasteiger partial charge is 0.337 e. The van der Waals surface area contributed by atoms with E-state index in [9.17, 15) is 4.79 Å². The van der Waals surface area contributed by atoms with Crippen LogP contribution in [0, 0.1) is 0 Å². The Labute approximate surface area is 96.8 Å². The molecule has 1 aromatic rings. The molecule has 0 saturated carbocycles. The zero-order chi connectivity index (χ0) is 11.3. The average molecular weight is 271 g/mol. The van der Waals surface area contributed by atoms with Crippen molar-refractivity contribution in [1.29, 1.82) is 0 Å². The minimum atomic E-state index is -0.349. The molecule has 1 aromatic carbocycles. The highest BCUT2D eigenvalue weighted by atomic mass is 79.9. The van der Waals surface area contributed by atoms with Gasteiger partial charge in [-0.2, -0.15) is 0 Å². The van der Waals surface area contributed by atoms with Gasteiger partial charge in [-0.15, -0.1) is 0 Å². The van der Waals surface area contributed by atoms with Crippen LogP contribution in [0.1, 0.15) is 15.9 Å². The van der Waals surface area contributed by atoms with E-state index < -0.39 is 0 Å². The van der Waals surface area contributed by atoms with Crippen LogP contribution >= 0.6 is 15.9 Å². The number of esters is 1. The van der Waals surface area contributed by atoms with Crippen LogP contribution in [0.4, 0.5) is 0 Å². The summed E-state index contributed by atoms with van der Waals surface area (Å²) < 4.78 is 10.2. The number of ether oxygens (including phenoxy) is 2. The molecule has 1 rings (SSSR count). The number of rotatable bonds is 3. The van der Waals surface area contributed by atoms with Crippen molar-refractivity contribution in [1.82, 2.24) is 0 Å². The Balaban J connectivity index is 2.98. The molecule has 0 aliphatic carbocycles. The van der Waals surface area contributed by atoms with Gasteiger partial charge < -0.3 is 9.47 Å². The van der Waals surface area contributed by atoms with Gasteiger partial charge in [-0.1, -0.05) is 22.0 Å². The molecular weight excluding hydrogens is 260 g/mol. The molecule has 0 atom stereocenters. The van der Waals surface area contributed by atoms with Gasteiger partial charge in [0.15, 0.2) is 0 Å². The quantitative estimate of drug-likeness (QED) is 0.626. The third-order valence-electron chi connectivity index (χ3n) is 1.81. The van der Waals surface area contributed by atoms with Crippen molar-refractivity contribution >= 4 is 28.0 Å². The fraction of sp³-hybridized carbons (Fsp3) is 0.182. The van der Waals surface area contributed by atoms with Gasteiger partial charge in [0.2, 0.25) is 0 Å². The van der Waals surface area contributed by atoms with Crippen LogP contribution in [-0.2, 0) is 9.47 Å². The van der Waals surface area contributed by atoms with Crippen molar-refractivity contribution in [2.75, 3.05) is 14.2 Å². The fourth-order valence-electron chi connectivity index (χ4n) is 1.05. The molecule has 0 aliphatic rings. The molecule has 0 aliphatic heterocycles. The van der Waals surface area contributed by atoms with Crippen molar-refractivity contribution in [2.24, 2.45) is 0 Å². The van der Waals surface area contributed by atoms with Gasteiger partial charge in [-0.25, -0.2) is 4.79 Å². The highest BCUT2D eigenvalue weighted by molar-refractivity contribution is 9.10. The summed E-state index contributed by atoms with van der Waals surface area (Å²) in [6.07, 6.45) is 3.36. The first-order valence-corrected chi connectivity index (χ1v) is 5.05. The lowest BCUT2D eigenvalue weighted by Gasteiger charge is -2.02. The van der Waals surface area contributed by atoms with Crippen LogP contribution < -0.4 is 0 Å². The molecule has 0 amide bonds. The summed E-state index contributed by atoms with van der Waals surface area (Å²) in [4.78, 5) is 11.2. The van der Waals surface area contributed by atoms with Gasteiger partial charge in [-0.3, -0.25) is 0 Å². The molecule has 0 unspecified atom stereocenters. The molecule has 0 saturated heterocycles. The second kappa shape index (κ2) is 5.56. The fourth-order valence-corrected chi connectivity index (χ4v) is 1.56. The number of halogens is 1. The van der Waals surface area contributed by atoms with Crippen LogP contribution in [0.3, 0.4) is 0 Å². The summed E-state index contributed by atoms with van der Waals surface area (Å²) in [6.45, 7) is 0. The maximum atomic E-state index is 11.2. The Bertz CT molecular complexity index is 385. The van der Waals surface area contributed by atoms with E-state index in [1.165, 1.54) is 7.11 Å². The van der Waals surface area contributed by atoms with E-state index >= 15 is 0 Å². The maximum Gasteiger partial charge on any atom is 0.337 e. The molecule has 80 valence electrons. The molecule has 0 N–H and O–H groups in total. The third-order valence-corrected chi connectivity index (χ3v) is 2.49. The van der Waals surface area contributed by atoms with Crippen LogP contribution in [-0.4, -0.2) is 20.2 Å². The molecule has 0 radical (unpaired) electrons. The minimum Gasteiger partial charge on any atom is -0.504 e. The predicted molar refractivity (Wildman–Crippen MR) is 61.5 cm³/mol. The minimum absolute atomic E-state index is 0.349. The first-order valence-electron chi connectivity index (χ1n) is 4.26. The molecular formula is C11H11BrO3. The number of benzene rings is 1. The van der Waals surface area contributed by atoms with E-state index in [4.69, 9.17) is 4.74 Å². The van der Waals surface area contributed by atoms with E-state index in [0.717, 1.165) is 10.0 Å². The molecule has 0 spiro atoms. The molecule has 0 fully saturated rings. The Morgan fingerprint density at radius 2 is 2.13 bits per heavy atom. The van der Waals surface area contributed by atoms with Gasteiger partial charge in [0.25, 0.3) is 0 Å². The first-order chi connectivity index (χ1) is 7.19. The van der Waals surface area contributed by atoms with E-state index in [-0.39, 0.29) is 5.97 Å². The summed E-state index contributed by atoms with van der Waals surface area (Å²) in [7, 11) is 2.93. The topological polar surface area (TPSA) is 35.5 Å². The number of methoxy groups -OCH3 is 2. The summed E-state index contributed by atoms with van der Waals surface area (Å²) in [5.74, 6) is -0.349. The van der Waals surface area contributed by atoms with Crippen molar-refractivity contribution in [3.8, 4) is 0 Å². The summed E-state index contributed by atoms with van der Waals surface area (Å²) in [5.41, 5.74) is 1.45. The molecule has 0 heterocycles. The maximum absolute atomic E-state index is 11.2. The lowest BCUT2D eigenvalue weighted by molar-refractivity contribution is 0.0600. The molecule has 0 aromatic heterocycles. The highest BCUT2D eigenvalue weighted by Gasteiger charge is 2.06. The summed E-state index contributed by atoms with van der Waals surface area (Å²) >= 11 is 3.36. The predicted octanol–water partition coefficient (Wildman–Crippen LogP) is 2.85. The SMILES string of the molecule is COC=Cc1ccc(C(=O)OC)cc1Br. The van der Waals surface area contributed by atoms with Crippen LogP contribution in [0.2, 0.25) is 0 Å². The molecule has 4 heteroatoms. The van der Waals surface area contributed by atoms with Crippen LogP contribution in [0.15, 0.2) is 28.9 Å². The lowest BCUT2D eigenvalue weighted by atomic mass is 10.1.